The lowest BCUT2D eigenvalue weighted by Gasteiger charge is -2.35. The molecule has 0 N–H and O–H groups in total. The average Bonchev–Trinajstić information content (AvgIpc) is 3.11. The fourth-order valence-corrected chi connectivity index (χ4v) is 3.23. The smallest absolute Gasteiger partial charge is 0.165 e. The largest absolute Gasteiger partial charge is 0.369 e. The SMILES string of the molecule is Fc1ccc(N2CCN(Cc3nnnn3Cc3ccccc3)CC2)cc1. The van der Waals surface area contributed by atoms with Crippen LogP contribution in [0.2, 0.25) is 0 Å². The van der Waals surface area contributed by atoms with Gasteiger partial charge in [-0.15, -0.1) is 5.10 Å². The molecule has 6 nitrogen and oxygen atoms in total. The zero-order valence-electron chi connectivity index (χ0n) is 14.5. The molecule has 1 aliphatic heterocycles. The Morgan fingerprint density at radius 3 is 2.31 bits per heavy atom. The van der Waals surface area contributed by atoms with E-state index < -0.39 is 0 Å². The summed E-state index contributed by atoms with van der Waals surface area (Å²) in [6, 6.07) is 16.9. The Balaban J connectivity index is 1.35. The predicted molar refractivity (Wildman–Crippen MR) is 97.3 cm³/mol. The number of hydrogen-bond donors (Lipinski definition) is 0. The Morgan fingerprint density at radius 1 is 0.846 bits per heavy atom. The minimum atomic E-state index is -0.197. The molecule has 1 aliphatic rings. The first-order chi connectivity index (χ1) is 12.8. The van der Waals surface area contributed by atoms with Gasteiger partial charge in [-0.1, -0.05) is 30.3 Å². The Labute approximate surface area is 151 Å². The normalized spacial score (nSPS) is 15.3. The van der Waals surface area contributed by atoms with Gasteiger partial charge in [0.05, 0.1) is 13.1 Å². The predicted octanol–water partition coefficient (Wildman–Crippen LogP) is 2.18. The monoisotopic (exact) mass is 352 g/mol. The molecule has 26 heavy (non-hydrogen) atoms. The Bertz CT molecular complexity index is 825. The van der Waals surface area contributed by atoms with Crippen molar-refractivity contribution in [2.24, 2.45) is 0 Å². The summed E-state index contributed by atoms with van der Waals surface area (Å²) in [5.74, 6) is 0.682. The number of hydrogen-bond acceptors (Lipinski definition) is 5. The fourth-order valence-electron chi connectivity index (χ4n) is 3.23. The van der Waals surface area contributed by atoms with Crippen LogP contribution >= 0.6 is 0 Å². The molecule has 134 valence electrons. The highest BCUT2D eigenvalue weighted by atomic mass is 19.1. The van der Waals surface area contributed by atoms with Gasteiger partial charge >= 0.3 is 0 Å². The minimum Gasteiger partial charge on any atom is -0.369 e. The molecule has 0 radical (unpaired) electrons. The molecule has 1 aromatic heterocycles. The van der Waals surface area contributed by atoms with Gasteiger partial charge in [0.15, 0.2) is 5.82 Å². The van der Waals surface area contributed by atoms with Crippen molar-refractivity contribution in [3.05, 3.63) is 71.8 Å². The van der Waals surface area contributed by atoms with E-state index in [0.29, 0.717) is 6.54 Å². The molecule has 1 fully saturated rings. The third kappa shape index (κ3) is 3.88. The Hall–Kier alpha value is -2.80. The van der Waals surface area contributed by atoms with Crippen LogP contribution in [0.3, 0.4) is 0 Å². The highest BCUT2D eigenvalue weighted by Gasteiger charge is 2.19. The van der Waals surface area contributed by atoms with Crippen LogP contribution in [0.4, 0.5) is 10.1 Å². The first-order valence-corrected chi connectivity index (χ1v) is 8.80. The molecule has 0 saturated carbocycles. The molecule has 1 saturated heterocycles. The van der Waals surface area contributed by atoms with E-state index in [-0.39, 0.29) is 5.82 Å². The lowest BCUT2D eigenvalue weighted by Crippen LogP contribution is -2.46. The molecule has 2 heterocycles. The maximum Gasteiger partial charge on any atom is 0.165 e. The van der Waals surface area contributed by atoms with Gasteiger partial charge < -0.3 is 4.90 Å². The summed E-state index contributed by atoms with van der Waals surface area (Å²) in [5.41, 5.74) is 2.25. The number of benzene rings is 2. The Kier molecular flexibility index (Phi) is 4.88. The van der Waals surface area contributed by atoms with Gasteiger partial charge in [0.25, 0.3) is 0 Å². The molecule has 0 bridgehead atoms. The third-order valence-corrected chi connectivity index (χ3v) is 4.71. The average molecular weight is 352 g/mol. The molecule has 7 heteroatoms. The summed E-state index contributed by atoms with van der Waals surface area (Å²) in [4.78, 5) is 4.64. The molecule has 0 spiro atoms. The van der Waals surface area contributed by atoms with Gasteiger partial charge in [-0.3, -0.25) is 4.90 Å². The van der Waals surface area contributed by atoms with Crippen molar-refractivity contribution < 1.29 is 4.39 Å². The van der Waals surface area contributed by atoms with E-state index in [1.54, 1.807) is 0 Å². The number of piperazine rings is 1. The second kappa shape index (κ2) is 7.61. The summed E-state index contributed by atoms with van der Waals surface area (Å²) in [7, 11) is 0. The maximum atomic E-state index is 13.1. The minimum absolute atomic E-state index is 0.197. The maximum absolute atomic E-state index is 13.1. The van der Waals surface area contributed by atoms with Crippen LogP contribution in [0.5, 0.6) is 0 Å². The van der Waals surface area contributed by atoms with Gasteiger partial charge in [-0.2, -0.15) is 0 Å². The molecule has 0 atom stereocenters. The second-order valence-electron chi connectivity index (χ2n) is 6.48. The number of rotatable bonds is 5. The second-order valence-corrected chi connectivity index (χ2v) is 6.48. The van der Waals surface area contributed by atoms with Crippen molar-refractivity contribution in [2.75, 3.05) is 31.1 Å². The van der Waals surface area contributed by atoms with E-state index in [0.717, 1.165) is 44.2 Å². The van der Waals surface area contributed by atoms with Crippen molar-refractivity contribution in [2.45, 2.75) is 13.1 Å². The summed E-state index contributed by atoms with van der Waals surface area (Å²) in [6.07, 6.45) is 0. The van der Waals surface area contributed by atoms with Gasteiger partial charge in [-0.25, -0.2) is 9.07 Å². The first-order valence-electron chi connectivity index (χ1n) is 8.80. The number of nitrogens with zero attached hydrogens (tertiary/aromatic N) is 6. The summed E-state index contributed by atoms with van der Waals surface area (Å²) < 4.78 is 14.9. The standard InChI is InChI=1S/C19H21FN6/c20-17-6-8-18(9-7-17)25-12-10-24(11-13-25)15-19-21-22-23-26(19)14-16-4-2-1-3-5-16/h1-9H,10-15H2. The molecule has 3 aromatic rings. The van der Waals surface area contributed by atoms with E-state index in [1.807, 2.05) is 35.0 Å². The molecule has 4 rings (SSSR count). The fraction of sp³-hybridized carbons (Fsp3) is 0.316. The van der Waals surface area contributed by atoms with Crippen molar-refractivity contribution in [1.82, 2.24) is 25.1 Å². The summed E-state index contributed by atoms with van der Waals surface area (Å²) in [5, 5.41) is 12.2. The van der Waals surface area contributed by atoms with Crippen LogP contribution in [-0.2, 0) is 13.1 Å². The number of halogens is 1. The van der Waals surface area contributed by atoms with Crippen molar-refractivity contribution in [1.29, 1.82) is 0 Å². The van der Waals surface area contributed by atoms with Crippen LogP contribution in [0.15, 0.2) is 54.6 Å². The van der Waals surface area contributed by atoms with Gasteiger partial charge in [0, 0.05) is 31.9 Å². The third-order valence-electron chi connectivity index (χ3n) is 4.71. The Morgan fingerprint density at radius 2 is 1.58 bits per heavy atom. The quantitative estimate of drug-likeness (QED) is 0.704. The number of tetrazole rings is 1. The molecule has 0 amide bonds. The zero-order valence-corrected chi connectivity index (χ0v) is 14.5. The van der Waals surface area contributed by atoms with Crippen molar-refractivity contribution in [3.63, 3.8) is 0 Å². The molecule has 0 unspecified atom stereocenters. The van der Waals surface area contributed by atoms with E-state index >= 15 is 0 Å². The van der Waals surface area contributed by atoms with E-state index in [4.69, 9.17) is 0 Å². The van der Waals surface area contributed by atoms with Crippen LogP contribution in [0.1, 0.15) is 11.4 Å². The highest BCUT2D eigenvalue weighted by molar-refractivity contribution is 5.46. The van der Waals surface area contributed by atoms with Crippen LogP contribution in [0, 0.1) is 5.82 Å². The van der Waals surface area contributed by atoms with Gasteiger partial charge in [-0.05, 0) is 40.3 Å². The van der Waals surface area contributed by atoms with Crippen LogP contribution in [-0.4, -0.2) is 51.3 Å². The molecular formula is C19H21FN6. The molecule has 2 aromatic carbocycles. The molecular weight excluding hydrogens is 331 g/mol. The number of aromatic nitrogens is 4. The highest BCUT2D eigenvalue weighted by Crippen LogP contribution is 2.17. The van der Waals surface area contributed by atoms with Crippen molar-refractivity contribution >= 4 is 5.69 Å². The summed E-state index contributed by atoms with van der Waals surface area (Å²) >= 11 is 0. The summed E-state index contributed by atoms with van der Waals surface area (Å²) in [6.45, 7) is 5.08. The van der Waals surface area contributed by atoms with Crippen LogP contribution < -0.4 is 4.90 Å². The lowest BCUT2D eigenvalue weighted by molar-refractivity contribution is 0.240. The van der Waals surface area contributed by atoms with Gasteiger partial charge in [0.1, 0.15) is 5.82 Å². The first kappa shape index (κ1) is 16.7. The van der Waals surface area contributed by atoms with E-state index in [2.05, 4.69) is 37.5 Å². The van der Waals surface area contributed by atoms with Crippen LogP contribution in [0.25, 0.3) is 0 Å². The van der Waals surface area contributed by atoms with Crippen molar-refractivity contribution in [3.8, 4) is 0 Å². The van der Waals surface area contributed by atoms with Gasteiger partial charge in [0.2, 0.25) is 0 Å². The lowest BCUT2D eigenvalue weighted by atomic mass is 10.2. The molecule has 0 aliphatic carbocycles. The number of anilines is 1. The topological polar surface area (TPSA) is 50.1 Å². The van der Waals surface area contributed by atoms with E-state index in [9.17, 15) is 4.39 Å². The zero-order chi connectivity index (χ0) is 17.8. The van der Waals surface area contributed by atoms with E-state index in [1.165, 1.54) is 17.7 Å².